The number of imidazole rings is 1. The van der Waals surface area contributed by atoms with Gasteiger partial charge in [0.05, 0.1) is 17.8 Å². The second-order valence-electron chi connectivity index (χ2n) is 7.24. The molecule has 0 saturated carbocycles. The molecular formula is C26H22Cl2N2O2. The van der Waals surface area contributed by atoms with E-state index in [1.54, 1.807) is 18.2 Å². The van der Waals surface area contributed by atoms with Gasteiger partial charge in [0.2, 0.25) is 0 Å². The Morgan fingerprint density at radius 2 is 1.81 bits per heavy atom. The largest absolute Gasteiger partial charge is 0.504 e. The summed E-state index contributed by atoms with van der Waals surface area (Å²) in [6.07, 6.45) is 6.00. The van der Waals surface area contributed by atoms with Crippen LogP contribution in [-0.2, 0) is 6.54 Å². The van der Waals surface area contributed by atoms with E-state index in [0.717, 1.165) is 40.3 Å². The molecule has 0 aliphatic rings. The molecule has 0 radical (unpaired) electrons. The minimum Gasteiger partial charge on any atom is -0.504 e. The van der Waals surface area contributed by atoms with Crippen LogP contribution in [0.4, 0.5) is 0 Å². The number of hydrogen-bond donors (Lipinski definition) is 1. The predicted octanol–water partition coefficient (Wildman–Crippen LogP) is 7.43. The molecule has 3 aromatic carbocycles. The van der Waals surface area contributed by atoms with Gasteiger partial charge in [0.25, 0.3) is 0 Å². The number of aromatic hydroxyl groups is 1. The Kier molecular flexibility index (Phi) is 6.54. The molecule has 0 unspecified atom stereocenters. The number of benzene rings is 3. The van der Waals surface area contributed by atoms with Gasteiger partial charge in [0, 0.05) is 23.3 Å². The fourth-order valence-corrected chi connectivity index (χ4v) is 4.01. The molecule has 32 heavy (non-hydrogen) atoms. The number of nitrogens with zero attached hydrogens (tertiary/aromatic N) is 2. The van der Waals surface area contributed by atoms with E-state index in [1.165, 1.54) is 7.11 Å². The van der Waals surface area contributed by atoms with Crippen molar-refractivity contribution in [2.75, 3.05) is 7.11 Å². The van der Waals surface area contributed by atoms with E-state index in [-0.39, 0.29) is 5.75 Å². The number of aromatic nitrogens is 2. The molecule has 0 spiro atoms. The lowest BCUT2D eigenvalue weighted by atomic mass is 10.0. The van der Waals surface area contributed by atoms with Crippen molar-refractivity contribution in [2.24, 2.45) is 0 Å². The van der Waals surface area contributed by atoms with Crippen molar-refractivity contribution < 1.29 is 9.84 Å². The van der Waals surface area contributed by atoms with Gasteiger partial charge in [-0.05, 0) is 66.1 Å². The van der Waals surface area contributed by atoms with Crippen LogP contribution in [0.15, 0.2) is 66.9 Å². The lowest BCUT2D eigenvalue weighted by Gasteiger charge is -2.07. The average molecular weight is 465 g/mol. The van der Waals surface area contributed by atoms with Crippen molar-refractivity contribution in [2.45, 2.75) is 13.5 Å². The fourth-order valence-electron chi connectivity index (χ4n) is 3.51. The SMILES string of the molecule is CCn1cc(-c2ccc(Cl)cc2Cl)nc1/C=C/c1cccc(-c2ccc(OC)c(O)c2)c1. The molecule has 0 saturated heterocycles. The topological polar surface area (TPSA) is 47.3 Å². The van der Waals surface area contributed by atoms with Gasteiger partial charge in [-0.3, -0.25) is 0 Å². The maximum absolute atomic E-state index is 10.1. The van der Waals surface area contributed by atoms with E-state index < -0.39 is 0 Å². The highest BCUT2D eigenvalue weighted by Gasteiger charge is 2.11. The normalized spacial score (nSPS) is 11.2. The van der Waals surface area contributed by atoms with Gasteiger partial charge in [-0.25, -0.2) is 4.98 Å². The first kappa shape index (κ1) is 22.0. The van der Waals surface area contributed by atoms with Crippen molar-refractivity contribution in [3.63, 3.8) is 0 Å². The van der Waals surface area contributed by atoms with E-state index in [4.69, 9.17) is 32.9 Å². The summed E-state index contributed by atoms with van der Waals surface area (Å²) in [4.78, 5) is 4.77. The average Bonchev–Trinajstić information content (AvgIpc) is 3.20. The van der Waals surface area contributed by atoms with Crippen LogP contribution >= 0.6 is 23.2 Å². The lowest BCUT2D eigenvalue weighted by molar-refractivity contribution is 0.373. The van der Waals surface area contributed by atoms with Crippen molar-refractivity contribution in [1.29, 1.82) is 0 Å². The lowest BCUT2D eigenvalue weighted by Crippen LogP contribution is -1.94. The molecular weight excluding hydrogens is 443 g/mol. The van der Waals surface area contributed by atoms with Gasteiger partial charge in [0.15, 0.2) is 11.5 Å². The van der Waals surface area contributed by atoms with Crippen LogP contribution in [0, 0.1) is 0 Å². The number of methoxy groups -OCH3 is 1. The van der Waals surface area contributed by atoms with E-state index in [1.807, 2.05) is 54.7 Å². The third-order valence-corrected chi connectivity index (χ3v) is 5.73. The molecule has 1 N–H and O–H groups in total. The van der Waals surface area contributed by atoms with Crippen LogP contribution in [0.1, 0.15) is 18.3 Å². The first-order chi connectivity index (χ1) is 15.5. The first-order valence-corrected chi connectivity index (χ1v) is 10.9. The van der Waals surface area contributed by atoms with Crippen LogP contribution in [0.5, 0.6) is 11.5 Å². The van der Waals surface area contributed by atoms with Gasteiger partial charge in [-0.15, -0.1) is 0 Å². The zero-order valence-electron chi connectivity index (χ0n) is 17.7. The standard InChI is InChI=1S/C26H22Cl2N2O2/c1-3-30-16-23(21-10-9-20(27)15-22(21)28)29-26(30)12-7-17-5-4-6-18(13-17)19-8-11-25(32-2)24(31)14-19/h4-16,31H,3H2,1-2H3/b12-7+. The molecule has 4 rings (SSSR count). The van der Waals surface area contributed by atoms with Crippen molar-refractivity contribution in [3.8, 4) is 33.9 Å². The van der Waals surface area contributed by atoms with Crippen LogP contribution in [-0.4, -0.2) is 21.8 Å². The molecule has 1 aromatic heterocycles. The van der Waals surface area contributed by atoms with Gasteiger partial charge in [0.1, 0.15) is 5.82 Å². The van der Waals surface area contributed by atoms with E-state index in [0.29, 0.717) is 15.8 Å². The summed E-state index contributed by atoms with van der Waals surface area (Å²) < 4.78 is 7.20. The van der Waals surface area contributed by atoms with Gasteiger partial charge in [-0.2, -0.15) is 0 Å². The molecule has 6 heteroatoms. The molecule has 4 aromatic rings. The highest BCUT2D eigenvalue weighted by atomic mass is 35.5. The minimum absolute atomic E-state index is 0.115. The summed E-state index contributed by atoms with van der Waals surface area (Å²) in [6.45, 7) is 2.85. The minimum atomic E-state index is 0.115. The quantitative estimate of drug-likeness (QED) is 0.322. The third-order valence-electron chi connectivity index (χ3n) is 5.18. The monoisotopic (exact) mass is 464 g/mol. The summed E-state index contributed by atoms with van der Waals surface area (Å²) in [5.74, 6) is 1.40. The van der Waals surface area contributed by atoms with Crippen LogP contribution in [0.2, 0.25) is 10.0 Å². The molecule has 0 aliphatic carbocycles. The van der Waals surface area contributed by atoms with Gasteiger partial charge in [-0.1, -0.05) is 53.5 Å². The fraction of sp³-hybridized carbons (Fsp3) is 0.115. The van der Waals surface area contributed by atoms with E-state index >= 15 is 0 Å². The second-order valence-corrected chi connectivity index (χ2v) is 8.08. The summed E-state index contributed by atoms with van der Waals surface area (Å²) >= 11 is 12.4. The number of aryl methyl sites for hydroxylation is 1. The zero-order valence-corrected chi connectivity index (χ0v) is 19.2. The van der Waals surface area contributed by atoms with Crippen LogP contribution < -0.4 is 4.74 Å². The highest BCUT2D eigenvalue weighted by Crippen LogP contribution is 2.32. The maximum atomic E-state index is 10.1. The molecule has 0 amide bonds. The maximum Gasteiger partial charge on any atom is 0.160 e. The Hall–Kier alpha value is -3.21. The number of rotatable bonds is 6. The second kappa shape index (κ2) is 9.51. The Bertz CT molecular complexity index is 1290. The number of hydrogen-bond acceptors (Lipinski definition) is 3. The Morgan fingerprint density at radius 1 is 1.00 bits per heavy atom. The smallest absolute Gasteiger partial charge is 0.160 e. The number of phenols is 1. The van der Waals surface area contributed by atoms with Gasteiger partial charge < -0.3 is 14.4 Å². The molecule has 0 bridgehead atoms. The Morgan fingerprint density at radius 3 is 2.53 bits per heavy atom. The summed E-state index contributed by atoms with van der Waals surface area (Å²) in [6, 6.07) is 18.9. The molecule has 1 heterocycles. The predicted molar refractivity (Wildman–Crippen MR) is 132 cm³/mol. The number of phenolic OH excluding ortho intramolecular Hbond substituents is 1. The van der Waals surface area contributed by atoms with Crippen LogP contribution in [0.25, 0.3) is 34.5 Å². The van der Waals surface area contributed by atoms with E-state index in [2.05, 4.69) is 17.6 Å². The molecule has 0 atom stereocenters. The number of ether oxygens (including phenoxy) is 1. The first-order valence-electron chi connectivity index (χ1n) is 10.2. The molecule has 4 nitrogen and oxygen atoms in total. The Balaban J connectivity index is 1.63. The summed E-state index contributed by atoms with van der Waals surface area (Å²) in [7, 11) is 1.53. The summed E-state index contributed by atoms with van der Waals surface area (Å²) in [5, 5.41) is 11.3. The highest BCUT2D eigenvalue weighted by molar-refractivity contribution is 6.36. The zero-order chi connectivity index (χ0) is 22.7. The molecule has 162 valence electrons. The van der Waals surface area contributed by atoms with Crippen LogP contribution in [0.3, 0.4) is 0 Å². The van der Waals surface area contributed by atoms with Crippen molar-refractivity contribution >= 4 is 35.4 Å². The van der Waals surface area contributed by atoms with Crippen molar-refractivity contribution in [1.82, 2.24) is 9.55 Å². The Labute approximate surface area is 197 Å². The molecule has 0 fully saturated rings. The third kappa shape index (κ3) is 4.67. The summed E-state index contributed by atoms with van der Waals surface area (Å²) in [5.41, 5.74) is 4.58. The van der Waals surface area contributed by atoms with Crippen molar-refractivity contribution in [3.05, 3.63) is 88.3 Å². The van der Waals surface area contributed by atoms with E-state index in [9.17, 15) is 5.11 Å². The van der Waals surface area contributed by atoms with Gasteiger partial charge >= 0.3 is 0 Å². The number of halogens is 2. The molecule has 0 aliphatic heterocycles.